The number of benzene rings is 1. The fourth-order valence-electron chi connectivity index (χ4n) is 2.10. The molecule has 0 radical (unpaired) electrons. The van der Waals surface area contributed by atoms with E-state index in [4.69, 9.17) is 22.7 Å². The van der Waals surface area contributed by atoms with Crippen LogP contribution in [0.4, 0.5) is 0 Å². The number of nitrogens with two attached hydrogens (primary N) is 1. The van der Waals surface area contributed by atoms with Crippen molar-refractivity contribution < 1.29 is 4.74 Å². The number of fused-ring (bicyclic) bond motifs is 1. The van der Waals surface area contributed by atoms with Crippen molar-refractivity contribution in [1.82, 2.24) is 14.8 Å². The van der Waals surface area contributed by atoms with Gasteiger partial charge in [-0.25, -0.2) is 4.98 Å². The Morgan fingerprint density at radius 1 is 1.38 bits per heavy atom. The lowest BCUT2D eigenvalue weighted by Gasteiger charge is -2.08. The lowest BCUT2D eigenvalue weighted by Crippen LogP contribution is -2.10. The number of hydrogen-bond acceptors (Lipinski definition) is 4. The highest BCUT2D eigenvalue weighted by Gasteiger charge is 2.10. The van der Waals surface area contributed by atoms with Crippen molar-refractivity contribution in [2.24, 2.45) is 5.73 Å². The second-order valence-corrected chi connectivity index (χ2v) is 4.96. The number of aromatic nitrogens is 3. The number of hydrogen-bond donors (Lipinski definition) is 1. The predicted octanol–water partition coefficient (Wildman–Crippen LogP) is 2.88. The SMILES string of the molecule is CCn1cc(Oc2cc(C(N)=S)c3ccccc3n2)cn1. The average molecular weight is 298 g/mol. The molecule has 2 aromatic heterocycles. The lowest BCUT2D eigenvalue weighted by atomic mass is 10.1. The summed E-state index contributed by atoms with van der Waals surface area (Å²) in [6.07, 6.45) is 3.47. The minimum Gasteiger partial charge on any atom is -0.436 e. The molecule has 0 aliphatic heterocycles. The van der Waals surface area contributed by atoms with E-state index in [-0.39, 0.29) is 0 Å². The summed E-state index contributed by atoms with van der Waals surface area (Å²) in [6.45, 7) is 2.79. The van der Waals surface area contributed by atoms with E-state index < -0.39 is 0 Å². The Hall–Kier alpha value is -2.47. The van der Waals surface area contributed by atoms with Gasteiger partial charge in [0.2, 0.25) is 5.88 Å². The van der Waals surface area contributed by atoms with E-state index in [1.807, 2.05) is 37.4 Å². The van der Waals surface area contributed by atoms with Gasteiger partial charge >= 0.3 is 0 Å². The molecule has 2 N–H and O–H groups in total. The molecule has 0 fully saturated rings. The molecule has 0 spiro atoms. The molecule has 0 unspecified atom stereocenters. The van der Waals surface area contributed by atoms with Gasteiger partial charge < -0.3 is 10.5 Å². The first kappa shape index (κ1) is 13.5. The van der Waals surface area contributed by atoms with Crippen molar-refractivity contribution in [3.8, 4) is 11.6 Å². The maximum atomic E-state index is 5.80. The number of para-hydroxylation sites is 1. The van der Waals surface area contributed by atoms with Gasteiger partial charge in [0.15, 0.2) is 5.75 Å². The van der Waals surface area contributed by atoms with Crippen molar-refractivity contribution >= 4 is 28.1 Å². The highest BCUT2D eigenvalue weighted by atomic mass is 32.1. The highest BCUT2D eigenvalue weighted by molar-refractivity contribution is 7.80. The summed E-state index contributed by atoms with van der Waals surface area (Å²) in [6, 6.07) is 9.44. The molecule has 0 saturated carbocycles. The summed E-state index contributed by atoms with van der Waals surface area (Å²) < 4.78 is 7.53. The van der Waals surface area contributed by atoms with Gasteiger partial charge in [0.05, 0.1) is 17.9 Å². The zero-order valence-electron chi connectivity index (χ0n) is 11.5. The molecule has 3 rings (SSSR count). The Kier molecular flexibility index (Phi) is 3.53. The molecule has 0 aliphatic rings. The molecule has 0 saturated heterocycles. The molecule has 0 bridgehead atoms. The van der Waals surface area contributed by atoms with Crippen LogP contribution in [0.5, 0.6) is 11.6 Å². The van der Waals surface area contributed by atoms with Crippen LogP contribution in [0.3, 0.4) is 0 Å². The molecule has 1 aromatic carbocycles. The van der Waals surface area contributed by atoms with Crippen LogP contribution < -0.4 is 10.5 Å². The molecule has 21 heavy (non-hydrogen) atoms. The Morgan fingerprint density at radius 2 is 2.19 bits per heavy atom. The fourth-order valence-corrected chi connectivity index (χ4v) is 2.27. The zero-order chi connectivity index (χ0) is 14.8. The molecule has 6 heteroatoms. The highest BCUT2D eigenvalue weighted by Crippen LogP contribution is 2.25. The number of rotatable bonds is 4. The van der Waals surface area contributed by atoms with Crippen molar-refractivity contribution in [2.45, 2.75) is 13.5 Å². The average Bonchev–Trinajstić information content (AvgIpc) is 2.94. The topological polar surface area (TPSA) is 66.0 Å². The first-order valence-electron chi connectivity index (χ1n) is 6.57. The van der Waals surface area contributed by atoms with Crippen LogP contribution in [0.1, 0.15) is 12.5 Å². The molecular formula is C15H14N4OS. The van der Waals surface area contributed by atoms with E-state index >= 15 is 0 Å². The maximum absolute atomic E-state index is 5.80. The van der Waals surface area contributed by atoms with Crippen LogP contribution in [0.2, 0.25) is 0 Å². The van der Waals surface area contributed by atoms with Crippen LogP contribution in [-0.2, 0) is 6.54 Å². The molecule has 0 amide bonds. The Balaban J connectivity index is 2.04. The number of ether oxygens (including phenoxy) is 1. The maximum Gasteiger partial charge on any atom is 0.220 e. The second kappa shape index (κ2) is 5.49. The quantitative estimate of drug-likeness (QED) is 0.750. The Morgan fingerprint density at radius 3 is 2.90 bits per heavy atom. The number of aryl methyl sites for hydroxylation is 1. The van der Waals surface area contributed by atoms with Gasteiger partial charge in [-0.2, -0.15) is 5.10 Å². The second-order valence-electron chi connectivity index (χ2n) is 4.52. The molecular weight excluding hydrogens is 284 g/mol. The summed E-state index contributed by atoms with van der Waals surface area (Å²) in [5.41, 5.74) is 7.35. The number of thiocarbonyl (C=S) groups is 1. The van der Waals surface area contributed by atoms with E-state index in [1.54, 1.807) is 16.9 Å². The molecule has 5 nitrogen and oxygen atoms in total. The minimum absolute atomic E-state index is 0.322. The van der Waals surface area contributed by atoms with E-state index in [9.17, 15) is 0 Å². The van der Waals surface area contributed by atoms with Crippen LogP contribution in [0.25, 0.3) is 10.9 Å². The fraction of sp³-hybridized carbons (Fsp3) is 0.133. The smallest absolute Gasteiger partial charge is 0.220 e. The third-order valence-corrected chi connectivity index (χ3v) is 3.33. The number of nitrogens with zero attached hydrogens (tertiary/aromatic N) is 3. The summed E-state index contributed by atoms with van der Waals surface area (Å²) >= 11 is 5.11. The van der Waals surface area contributed by atoms with Crippen molar-refractivity contribution in [3.63, 3.8) is 0 Å². The molecule has 3 aromatic rings. The zero-order valence-corrected chi connectivity index (χ0v) is 12.3. The van der Waals surface area contributed by atoms with E-state index in [0.29, 0.717) is 16.6 Å². The number of pyridine rings is 1. The van der Waals surface area contributed by atoms with Gasteiger partial charge in [-0.05, 0) is 13.0 Å². The molecule has 106 valence electrons. The van der Waals surface area contributed by atoms with Crippen molar-refractivity contribution in [3.05, 3.63) is 48.3 Å². The monoisotopic (exact) mass is 298 g/mol. The van der Waals surface area contributed by atoms with Crippen molar-refractivity contribution in [1.29, 1.82) is 0 Å². The van der Waals surface area contributed by atoms with Crippen LogP contribution >= 0.6 is 12.2 Å². The Labute approximate surface area is 127 Å². The molecule has 2 heterocycles. The standard InChI is InChI=1S/C15H14N4OS/c1-2-19-9-10(8-17-19)20-14-7-12(15(16)21)11-5-3-4-6-13(11)18-14/h3-9H,2H2,1H3,(H2,16,21). The third-order valence-electron chi connectivity index (χ3n) is 3.11. The summed E-state index contributed by atoms with van der Waals surface area (Å²) in [4.78, 5) is 4.80. The predicted molar refractivity (Wildman–Crippen MR) is 85.6 cm³/mol. The van der Waals surface area contributed by atoms with Crippen LogP contribution in [-0.4, -0.2) is 19.8 Å². The van der Waals surface area contributed by atoms with Gasteiger partial charge in [-0.15, -0.1) is 0 Å². The third kappa shape index (κ3) is 2.71. The summed E-state index contributed by atoms with van der Waals surface area (Å²) in [7, 11) is 0. The first-order chi connectivity index (χ1) is 10.2. The first-order valence-corrected chi connectivity index (χ1v) is 6.98. The molecule has 0 aliphatic carbocycles. The van der Waals surface area contributed by atoms with E-state index in [2.05, 4.69) is 10.1 Å². The largest absolute Gasteiger partial charge is 0.436 e. The van der Waals surface area contributed by atoms with E-state index in [0.717, 1.165) is 23.0 Å². The van der Waals surface area contributed by atoms with Crippen molar-refractivity contribution in [2.75, 3.05) is 0 Å². The summed E-state index contributed by atoms with van der Waals surface area (Å²) in [5, 5.41) is 5.08. The van der Waals surface area contributed by atoms with Gasteiger partial charge in [0.25, 0.3) is 0 Å². The van der Waals surface area contributed by atoms with Crippen LogP contribution in [0, 0.1) is 0 Å². The van der Waals surface area contributed by atoms with Gasteiger partial charge in [0, 0.05) is 23.6 Å². The van der Waals surface area contributed by atoms with Gasteiger partial charge in [0.1, 0.15) is 4.99 Å². The van der Waals surface area contributed by atoms with Gasteiger partial charge in [-0.3, -0.25) is 4.68 Å². The van der Waals surface area contributed by atoms with Crippen LogP contribution in [0.15, 0.2) is 42.7 Å². The van der Waals surface area contributed by atoms with Gasteiger partial charge in [-0.1, -0.05) is 30.4 Å². The lowest BCUT2D eigenvalue weighted by molar-refractivity contribution is 0.464. The minimum atomic E-state index is 0.322. The van der Waals surface area contributed by atoms with E-state index in [1.165, 1.54) is 0 Å². The summed E-state index contributed by atoms with van der Waals surface area (Å²) in [5.74, 6) is 1.08. The Bertz CT molecular complexity index is 812. The normalized spacial score (nSPS) is 10.7. The molecule has 0 atom stereocenters.